The number of urea groups is 1. The van der Waals surface area contributed by atoms with Gasteiger partial charge >= 0.3 is 6.03 Å². The molecule has 1 fully saturated rings. The highest BCUT2D eigenvalue weighted by atomic mass is 16.5. The maximum Gasteiger partial charge on any atom is 0.317 e. The lowest BCUT2D eigenvalue weighted by molar-refractivity contribution is 0.0657. The van der Waals surface area contributed by atoms with Crippen LogP contribution in [0, 0.1) is 5.92 Å². The van der Waals surface area contributed by atoms with Gasteiger partial charge in [0.15, 0.2) is 0 Å². The second-order valence-corrected chi connectivity index (χ2v) is 5.66. The summed E-state index contributed by atoms with van der Waals surface area (Å²) in [6, 6.07) is 0.0477. The Morgan fingerprint density at radius 3 is 2.41 bits per heavy atom. The van der Waals surface area contributed by atoms with E-state index >= 15 is 0 Å². The Hall–Kier alpha value is -0.770. The van der Waals surface area contributed by atoms with Crippen molar-refractivity contribution >= 4 is 6.03 Å². The molecule has 1 rings (SSSR count). The van der Waals surface area contributed by atoms with Crippen LogP contribution in [-0.4, -0.2) is 42.8 Å². The van der Waals surface area contributed by atoms with Crippen LogP contribution in [-0.2, 0) is 4.74 Å². The van der Waals surface area contributed by atoms with Crippen LogP contribution in [0.15, 0.2) is 0 Å². The van der Waals surface area contributed by atoms with Gasteiger partial charge in [-0.15, -0.1) is 0 Å². The molecule has 0 spiro atoms. The smallest absolute Gasteiger partial charge is 0.317 e. The first kappa shape index (κ1) is 14.3. The van der Waals surface area contributed by atoms with Crippen LogP contribution in [0.5, 0.6) is 0 Å². The van der Waals surface area contributed by atoms with Crippen molar-refractivity contribution in [1.82, 2.24) is 10.2 Å². The molecule has 0 radical (unpaired) electrons. The summed E-state index contributed by atoms with van der Waals surface area (Å²) in [7, 11) is 0. The van der Waals surface area contributed by atoms with Crippen molar-refractivity contribution in [2.24, 2.45) is 5.92 Å². The normalized spacial score (nSPS) is 17.9. The van der Waals surface area contributed by atoms with Gasteiger partial charge in [0.05, 0.1) is 0 Å². The molecule has 0 saturated carbocycles. The van der Waals surface area contributed by atoms with Crippen molar-refractivity contribution in [3.8, 4) is 0 Å². The van der Waals surface area contributed by atoms with Gasteiger partial charge in [-0.25, -0.2) is 4.79 Å². The van der Waals surface area contributed by atoms with Crippen LogP contribution >= 0.6 is 0 Å². The minimum Gasteiger partial charge on any atom is -0.381 e. The molecule has 1 saturated heterocycles. The summed E-state index contributed by atoms with van der Waals surface area (Å²) in [6.45, 7) is 11.4. The van der Waals surface area contributed by atoms with E-state index in [0.29, 0.717) is 5.92 Å². The number of hydrogen-bond donors (Lipinski definition) is 1. The van der Waals surface area contributed by atoms with Crippen LogP contribution in [0.2, 0.25) is 0 Å². The van der Waals surface area contributed by atoms with E-state index in [0.717, 1.165) is 39.1 Å². The van der Waals surface area contributed by atoms with E-state index in [4.69, 9.17) is 4.74 Å². The fourth-order valence-corrected chi connectivity index (χ4v) is 2.20. The largest absolute Gasteiger partial charge is 0.381 e. The summed E-state index contributed by atoms with van der Waals surface area (Å²) in [6.07, 6.45) is 2.11. The highest BCUT2D eigenvalue weighted by Crippen LogP contribution is 2.15. The third kappa shape index (κ3) is 4.54. The van der Waals surface area contributed by atoms with Crippen molar-refractivity contribution < 1.29 is 9.53 Å². The topological polar surface area (TPSA) is 41.6 Å². The summed E-state index contributed by atoms with van der Waals surface area (Å²) >= 11 is 0. The van der Waals surface area contributed by atoms with Gasteiger partial charge in [-0.3, -0.25) is 0 Å². The summed E-state index contributed by atoms with van der Waals surface area (Å²) < 4.78 is 5.31. The molecule has 0 bridgehead atoms. The zero-order valence-corrected chi connectivity index (χ0v) is 11.6. The predicted molar refractivity (Wildman–Crippen MR) is 69.1 cm³/mol. The number of nitrogens with zero attached hydrogens (tertiary/aromatic N) is 1. The average Bonchev–Trinajstić information content (AvgIpc) is 2.27. The summed E-state index contributed by atoms with van der Waals surface area (Å²) in [5.74, 6) is 0.575. The lowest BCUT2D eigenvalue weighted by Crippen LogP contribution is -2.51. The van der Waals surface area contributed by atoms with Gasteiger partial charge in [0.2, 0.25) is 0 Å². The second-order valence-electron chi connectivity index (χ2n) is 5.66. The van der Waals surface area contributed by atoms with Gasteiger partial charge in [0.25, 0.3) is 0 Å². The molecule has 0 aromatic rings. The van der Waals surface area contributed by atoms with Crippen LogP contribution in [0.25, 0.3) is 0 Å². The lowest BCUT2D eigenvalue weighted by atomic mass is 10.0. The van der Waals surface area contributed by atoms with Crippen molar-refractivity contribution in [3.63, 3.8) is 0 Å². The summed E-state index contributed by atoms with van der Waals surface area (Å²) in [5.41, 5.74) is -0.117. The molecule has 1 aliphatic heterocycles. The fraction of sp³-hybridized carbons (Fsp3) is 0.923. The van der Waals surface area contributed by atoms with Crippen LogP contribution in [0.4, 0.5) is 4.79 Å². The van der Waals surface area contributed by atoms with Gasteiger partial charge < -0.3 is 15.0 Å². The number of carbonyl (C=O) groups is 1. The van der Waals surface area contributed by atoms with Gasteiger partial charge in [-0.1, -0.05) is 0 Å². The average molecular weight is 242 g/mol. The molecule has 0 aromatic heterocycles. The number of hydrogen-bond acceptors (Lipinski definition) is 2. The SMILES string of the molecule is CCN(C(=O)NCC1CCOCC1)C(C)(C)C. The Morgan fingerprint density at radius 1 is 1.35 bits per heavy atom. The Morgan fingerprint density at radius 2 is 1.94 bits per heavy atom. The highest BCUT2D eigenvalue weighted by Gasteiger charge is 2.25. The van der Waals surface area contributed by atoms with Gasteiger partial charge in [0.1, 0.15) is 0 Å². The maximum absolute atomic E-state index is 12.0. The zero-order valence-electron chi connectivity index (χ0n) is 11.6. The van der Waals surface area contributed by atoms with Crippen molar-refractivity contribution in [3.05, 3.63) is 0 Å². The van der Waals surface area contributed by atoms with E-state index in [1.54, 1.807) is 0 Å². The standard InChI is InChI=1S/C13H26N2O2/c1-5-15(13(2,3)4)12(16)14-10-11-6-8-17-9-7-11/h11H,5-10H2,1-4H3,(H,14,16). The molecule has 4 nitrogen and oxygen atoms in total. The van der Waals surface area contributed by atoms with E-state index < -0.39 is 0 Å². The molecule has 0 aliphatic carbocycles. The lowest BCUT2D eigenvalue weighted by Gasteiger charge is -2.35. The first-order chi connectivity index (χ1) is 7.95. The summed E-state index contributed by atoms with van der Waals surface area (Å²) in [5, 5.41) is 3.04. The quantitative estimate of drug-likeness (QED) is 0.824. The molecule has 0 unspecified atom stereocenters. The second kappa shape index (κ2) is 6.24. The van der Waals surface area contributed by atoms with E-state index in [2.05, 4.69) is 26.1 Å². The predicted octanol–water partition coefficient (Wildman–Crippen LogP) is 2.24. The number of amides is 2. The first-order valence-electron chi connectivity index (χ1n) is 6.58. The summed E-state index contributed by atoms with van der Waals surface area (Å²) in [4.78, 5) is 13.9. The van der Waals surface area contributed by atoms with Gasteiger partial charge in [-0.05, 0) is 46.5 Å². The van der Waals surface area contributed by atoms with Crippen molar-refractivity contribution in [2.45, 2.75) is 46.1 Å². The van der Waals surface area contributed by atoms with Gasteiger partial charge in [-0.2, -0.15) is 0 Å². The molecule has 4 heteroatoms. The van der Waals surface area contributed by atoms with Crippen molar-refractivity contribution in [1.29, 1.82) is 0 Å². The first-order valence-corrected chi connectivity index (χ1v) is 6.58. The van der Waals surface area contributed by atoms with E-state index in [9.17, 15) is 4.79 Å². The minimum absolute atomic E-state index is 0.0477. The number of carbonyl (C=O) groups excluding carboxylic acids is 1. The molecule has 0 atom stereocenters. The van der Waals surface area contributed by atoms with E-state index in [1.807, 2.05) is 11.8 Å². The molecule has 0 aromatic carbocycles. The monoisotopic (exact) mass is 242 g/mol. The fourth-order valence-electron chi connectivity index (χ4n) is 2.20. The maximum atomic E-state index is 12.0. The number of ether oxygens (including phenoxy) is 1. The molecule has 1 N–H and O–H groups in total. The molecule has 17 heavy (non-hydrogen) atoms. The van der Waals surface area contributed by atoms with Crippen molar-refractivity contribution in [2.75, 3.05) is 26.3 Å². The molecule has 1 heterocycles. The number of nitrogens with one attached hydrogen (secondary N) is 1. The molecule has 2 amide bonds. The van der Waals surface area contributed by atoms with E-state index in [-0.39, 0.29) is 11.6 Å². The zero-order chi connectivity index (χ0) is 12.9. The Balaban J connectivity index is 2.36. The third-order valence-electron chi connectivity index (χ3n) is 3.25. The highest BCUT2D eigenvalue weighted by molar-refractivity contribution is 5.74. The number of rotatable bonds is 3. The molecular weight excluding hydrogens is 216 g/mol. The minimum atomic E-state index is -0.117. The van der Waals surface area contributed by atoms with E-state index in [1.165, 1.54) is 0 Å². The molecular formula is C13H26N2O2. The third-order valence-corrected chi connectivity index (χ3v) is 3.25. The Bertz CT molecular complexity index is 242. The van der Waals surface area contributed by atoms with Gasteiger partial charge in [0, 0.05) is 31.8 Å². The molecule has 1 aliphatic rings. The Kier molecular flexibility index (Phi) is 5.25. The van der Waals surface area contributed by atoms with Crippen LogP contribution < -0.4 is 5.32 Å². The Labute approximate surface area is 105 Å². The van der Waals surface area contributed by atoms with Crippen LogP contribution in [0.3, 0.4) is 0 Å². The van der Waals surface area contributed by atoms with Crippen LogP contribution in [0.1, 0.15) is 40.5 Å². The molecule has 100 valence electrons.